The van der Waals surface area contributed by atoms with Gasteiger partial charge in [0.05, 0.1) is 22.4 Å². The van der Waals surface area contributed by atoms with Crippen molar-refractivity contribution in [2.45, 2.75) is 50.4 Å². The van der Waals surface area contributed by atoms with Crippen LogP contribution in [0, 0.1) is 12.7 Å². The van der Waals surface area contributed by atoms with Gasteiger partial charge in [0.1, 0.15) is 5.54 Å². The molecule has 0 radical (unpaired) electrons. The van der Waals surface area contributed by atoms with Gasteiger partial charge in [-0.1, -0.05) is 34.4 Å². The Bertz CT molecular complexity index is 1250. The molecule has 192 valence electrons. The van der Waals surface area contributed by atoms with E-state index in [1.165, 1.54) is 18.2 Å². The summed E-state index contributed by atoms with van der Waals surface area (Å²) < 4.78 is 61.5. The molecule has 2 aliphatic rings. The van der Waals surface area contributed by atoms with Crippen LogP contribution in [0.3, 0.4) is 0 Å². The molecule has 1 atom stereocenters. The van der Waals surface area contributed by atoms with Crippen molar-refractivity contribution in [1.82, 2.24) is 5.32 Å². The highest BCUT2D eigenvalue weighted by atomic mass is 35.5. The second-order valence-electron chi connectivity index (χ2n) is 8.67. The minimum absolute atomic E-state index is 0.0378. The lowest BCUT2D eigenvalue weighted by molar-refractivity contribution is -0.275. The Balaban J connectivity index is 1.58. The number of nitrogens with zero attached hydrogens (tertiary/aromatic N) is 1. The van der Waals surface area contributed by atoms with E-state index in [2.05, 4.69) is 10.5 Å². The van der Waals surface area contributed by atoms with E-state index in [1.807, 2.05) is 0 Å². The van der Waals surface area contributed by atoms with Crippen LogP contribution < -0.4 is 5.32 Å². The normalized spacial score (nSPS) is 20.4. The number of aryl methyl sites for hydroxylation is 1. The van der Waals surface area contributed by atoms with Gasteiger partial charge in [-0.15, -0.1) is 0 Å². The molecule has 0 spiro atoms. The van der Waals surface area contributed by atoms with Gasteiger partial charge in [-0.3, -0.25) is 4.79 Å². The van der Waals surface area contributed by atoms with Crippen molar-refractivity contribution in [2.24, 2.45) is 5.16 Å². The van der Waals surface area contributed by atoms with Crippen LogP contribution in [-0.2, 0) is 20.0 Å². The maximum absolute atomic E-state index is 14.2. The summed E-state index contributed by atoms with van der Waals surface area (Å²) >= 11 is 11.5. The van der Waals surface area contributed by atoms with Gasteiger partial charge in [-0.2, -0.15) is 13.2 Å². The number of carbonyl (C=O) groups excluding carboxylic acids is 2. The molecule has 0 bridgehead atoms. The molecule has 1 heterocycles. The van der Waals surface area contributed by atoms with Crippen LogP contribution in [0.15, 0.2) is 35.5 Å². The summed E-state index contributed by atoms with van der Waals surface area (Å²) in [5.41, 5.74) is -3.52. The number of halogens is 6. The lowest BCUT2D eigenvalue weighted by Crippen LogP contribution is -2.44. The first kappa shape index (κ1) is 26.2. The predicted molar refractivity (Wildman–Crippen MR) is 124 cm³/mol. The molecule has 1 aliphatic carbocycles. The molecule has 6 nitrogen and oxygen atoms in total. The Morgan fingerprint density at radius 2 is 1.81 bits per heavy atom. The Hall–Kier alpha value is -2.85. The Kier molecular flexibility index (Phi) is 6.72. The van der Waals surface area contributed by atoms with E-state index < -0.39 is 57.0 Å². The van der Waals surface area contributed by atoms with Crippen LogP contribution in [0.4, 0.5) is 17.6 Å². The van der Waals surface area contributed by atoms with Gasteiger partial charge in [0.2, 0.25) is 0 Å². The number of amides is 1. The molecular formula is C24H20Cl2F4N2O4. The highest BCUT2D eigenvalue weighted by Gasteiger charge is 2.62. The summed E-state index contributed by atoms with van der Waals surface area (Å²) in [5, 5.41) is 5.20. The third-order valence-corrected chi connectivity index (χ3v) is 6.76. The van der Waals surface area contributed by atoms with E-state index >= 15 is 0 Å². The summed E-state index contributed by atoms with van der Waals surface area (Å²) in [7, 11) is 0. The smallest absolute Gasteiger partial charge is 0.435 e. The average molecular weight is 547 g/mol. The van der Waals surface area contributed by atoms with Crippen molar-refractivity contribution in [3.8, 4) is 0 Å². The molecular weight excluding hydrogens is 527 g/mol. The van der Waals surface area contributed by atoms with Crippen molar-refractivity contribution < 1.29 is 36.7 Å². The van der Waals surface area contributed by atoms with Gasteiger partial charge in [0.25, 0.3) is 11.5 Å². The Labute approximate surface area is 213 Å². The molecule has 1 aliphatic heterocycles. The number of nitrogens with one attached hydrogen (secondary N) is 1. The molecule has 2 aromatic rings. The van der Waals surface area contributed by atoms with Crippen LogP contribution in [0.2, 0.25) is 10.0 Å². The lowest BCUT2D eigenvalue weighted by Gasteiger charge is -2.29. The van der Waals surface area contributed by atoms with Crippen molar-refractivity contribution in [3.63, 3.8) is 0 Å². The van der Waals surface area contributed by atoms with Crippen LogP contribution in [0.1, 0.15) is 53.2 Å². The number of hydrogen-bond acceptors (Lipinski definition) is 5. The highest BCUT2D eigenvalue weighted by molar-refractivity contribution is 6.35. The molecule has 36 heavy (non-hydrogen) atoms. The summed E-state index contributed by atoms with van der Waals surface area (Å²) in [6.07, 6.45) is -4.76. The van der Waals surface area contributed by atoms with Gasteiger partial charge in [-0.05, 0) is 62.1 Å². The van der Waals surface area contributed by atoms with Crippen LogP contribution >= 0.6 is 23.2 Å². The van der Waals surface area contributed by atoms with E-state index in [0.717, 1.165) is 12.1 Å². The fraction of sp³-hybridized carbons (Fsp3) is 0.375. The summed E-state index contributed by atoms with van der Waals surface area (Å²) in [5.74, 6) is -2.05. The van der Waals surface area contributed by atoms with E-state index in [0.29, 0.717) is 24.0 Å². The standard InChI is InChI=1S/C24H20Cl2F4N2O4/c1-3-35-21(34)22(6-7-22)31-20(33)15-5-4-13(8-12(15)2)18-11-23(36-32-18,24(28,29)30)14-9-16(25)19(27)17(26)10-14/h4-5,8-10H,3,6-7,11H2,1-2H3,(H,31,33). The molecule has 2 aromatic carbocycles. The Morgan fingerprint density at radius 3 is 2.33 bits per heavy atom. The number of ether oxygens (including phenoxy) is 1. The predicted octanol–water partition coefficient (Wildman–Crippen LogP) is 5.85. The fourth-order valence-electron chi connectivity index (χ4n) is 4.00. The zero-order chi connectivity index (χ0) is 26.5. The summed E-state index contributed by atoms with van der Waals surface area (Å²) in [4.78, 5) is 29.9. The zero-order valence-electron chi connectivity index (χ0n) is 19.1. The first-order valence-corrected chi connectivity index (χ1v) is 11.7. The minimum Gasteiger partial charge on any atom is -0.464 e. The molecule has 4 rings (SSSR count). The maximum atomic E-state index is 14.2. The van der Waals surface area contributed by atoms with Crippen LogP contribution in [0.25, 0.3) is 0 Å². The van der Waals surface area contributed by atoms with E-state index in [-0.39, 0.29) is 17.9 Å². The van der Waals surface area contributed by atoms with E-state index in [9.17, 15) is 27.2 Å². The molecule has 1 amide bonds. The van der Waals surface area contributed by atoms with Crippen molar-refractivity contribution in [3.05, 3.63) is 68.4 Å². The second-order valence-corrected chi connectivity index (χ2v) is 9.49. The molecule has 1 fully saturated rings. The number of esters is 1. The van der Waals surface area contributed by atoms with Crippen LogP contribution in [-0.4, -0.2) is 35.9 Å². The van der Waals surface area contributed by atoms with E-state index in [4.69, 9.17) is 32.8 Å². The fourth-order valence-corrected chi connectivity index (χ4v) is 4.49. The topological polar surface area (TPSA) is 77.0 Å². The number of oxime groups is 1. The third-order valence-electron chi connectivity index (χ3n) is 6.21. The molecule has 1 saturated carbocycles. The third kappa shape index (κ3) is 4.52. The Morgan fingerprint density at radius 1 is 1.17 bits per heavy atom. The largest absolute Gasteiger partial charge is 0.464 e. The number of alkyl halides is 3. The van der Waals surface area contributed by atoms with Gasteiger partial charge < -0.3 is 14.9 Å². The molecule has 0 aromatic heterocycles. The quantitative estimate of drug-likeness (QED) is 0.280. The van der Waals surface area contributed by atoms with Gasteiger partial charge in [0.15, 0.2) is 5.82 Å². The molecule has 1 N–H and O–H groups in total. The maximum Gasteiger partial charge on any atom is 0.435 e. The number of benzene rings is 2. The van der Waals surface area contributed by atoms with Gasteiger partial charge in [-0.25, -0.2) is 9.18 Å². The van der Waals surface area contributed by atoms with Crippen molar-refractivity contribution in [2.75, 3.05) is 6.61 Å². The molecule has 0 saturated heterocycles. The SMILES string of the molecule is CCOC(=O)C1(NC(=O)c2ccc(C3=NOC(c4cc(Cl)c(F)c(Cl)c4)(C(F)(F)F)C3)cc2C)CC1. The zero-order valence-corrected chi connectivity index (χ0v) is 20.6. The number of rotatable bonds is 6. The first-order chi connectivity index (χ1) is 16.8. The minimum atomic E-state index is -4.94. The average Bonchev–Trinajstić information content (AvgIpc) is 3.43. The van der Waals surface area contributed by atoms with Crippen molar-refractivity contribution in [1.29, 1.82) is 0 Å². The number of hydrogen-bond donors (Lipinski definition) is 1. The van der Waals surface area contributed by atoms with Gasteiger partial charge in [0, 0.05) is 17.5 Å². The first-order valence-electron chi connectivity index (χ1n) is 10.9. The monoisotopic (exact) mass is 546 g/mol. The lowest BCUT2D eigenvalue weighted by atomic mass is 9.86. The van der Waals surface area contributed by atoms with Crippen molar-refractivity contribution >= 4 is 40.8 Å². The highest BCUT2D eigenvalue weighted by Crippen LogP contribution is 2.50. The molecule has 1 unspecified atom stereocenters. The van der Waals surface area contributed by atoms with Gasteiger partial charge >= 0.3 is 12.1 Å². The second kappa shape index (κ2) is 9.23. The summed E-state index contributed by atoms with van der Waals surface area (Å²) in [6, 6.07) is 5.99. The number of carbonyl (C=O) groups is 2. The molecule has 12 heteroatoms. The van der Waals surface area contributed by atoms with Crippen LogP contribution in [0.5, 0.6) is 0 Å². The summed E-state index contributed by atoms with van der Waals surface area (Å²) in [6.45, 7) is 3.46. The van der Waals surface area contributed by atoms with E-state index in [1.54, 1.807) is 13.8 Å².